The molecule has 1 fully saturated rings. The van der Waals surface area contributed by atoms with Gasteiger partial charge in [-0.1, -0.05) is 30.3 Å². The number of hydrogen-bond acceptors (Lipinski definition) is 2. The fraction of sp³-hybridized carbons (Fsp3) is 0.188. The normalized spacial score (nSPS) is 20.8. The zero-order chi connectivity index (χ0) is 13.2. The molecule has 1 saturated carbocycles. The first-order chi connectivity index (χ1) is 9.24. The SMILES string of the molecule is O=C(NC1CC1c1ccccc1)c1ccc(O)cc1. The summed E-state index contributed by atoms with van der Waals surface area (Å²) in [5.41, 5.74) is 1.86. The number of aromatic hydroxyl groups is 1. The molecule has 2 N–H and O–H groups in total. The van der Waals surface area contributed by atoms with Crippen LogP contribution >= 0.6 is 0 Å². The quantitative estimate of drug-likeness (QED) is 0.883. The highest BCUT2D eigenvalue weighted by atomic mass is 16.3. The Morgan fingerprint density at radius 2 is 1.74 bits per heavy atom. The summed E-state index contributed by atoms with van der Waals surface area (Å²) in [6, 6.07) is 16.8. The van der Waals surface area contributed by atoms with Gasteiger partial charge in [0, 0.05) is 17.5 Å². The van der Waals surface area contributed by atoms with Crippen molar-refractivity contribution in [1.82, 2.24) is 5.32 Å². The second-order valence-corrected chi connectivity index (χ2v) is 4.88. The number of phenolic OH excluding ortho intramolecular Hbond substituents is 1. The van der Waals surface area contributed by atoms with Gasteiger partial charge < -0.3 is 10.4 Å². The third-order valence-corrected chi connectivity index (χ3v) is 3.46. The molecule has 3 heteroatoms. The van der Waals surface area contributed by atoms with Crippen molar-refractivity contribution in [3.8, 4) is 5.75 Å². The van der Waals surface area contributed by atoms with Crippen molar-refractivity contribution in [3.05, 3.63) is 65.7 Å². The van der Waals surface area contributed by atoms with Crippen LogP contribution < -0.4 is 5.32 Å². The predicted molar refractivity (Wildman–Crippen MR) is 73.2 cm³/mol. The molecule has 1 amide bonds. The lowest BCUT2D eigenvalue weighted by atomic mass is 10.1. The van der Waals surface area contributed by atoms with Gasteiger partial charge in [0.2, 0.25) is 0 Å². The first kappa shape index (κ1) is 11.8. The molecular weight excluding hydrogens is 238 g/mol. The summed E-state index contributed by atoms with van der Waals surface area (Å²) in [4.78, 5) is 12.0. The monoisotopic (exact) mass is 253 g/mol. The Labute approximate surface area is 111 Å². The van der Waals surface area contributed by atoms with Crippen molar-refractivity contribution in [1.29, 1.82) is 0 Å². The summed E-state index contributed by atoms with van der Waals surface area (Å²) in [5, 5.41) is 12.2. The van der Waals surface area contributed by atoms with E-state index in [4.69, 9.17) is 0 Å². The largest absolute Gasteiger partial charge is 0.508 e. The number of hydrogen-bond donors (Lipinski definition) is 2. The molecule has 2 unspecified atom stereocenters. The predicted octanol–water partition coefficient (Wildman–Crippen LogP) is 2.68. The molecule has 3 nitrogen and oxygen atoms in total. The van der Waals surface area contributed by atoms with Crippen molar-refractivity contribution in [2.45, 2.75) is 18.4 Å². The number of benzene rings is 2. The van der Waals surface area contributed by atoms with E-state index in [1.165, 1.54) is 17.7 Å². The molecule has 0 bridgehead atoms. The van der Waals surface area contributed by atoms with Crippen molar-refractivity contribution >= 4 is 5.91 Å². The molecule has 0 radical (unpaired) electrons. The van der Waals surface area contributed by atoms with Gasteiger partial charge in [-0.25, -0.2) is 0 Å². The van der Waals surface area contributed by atoms with Gasteiger partial charge in [-0.2, -0.15) is 0 Å². The van der Waals surface area contributed by atoms with E-state index in [1.54, 1.807) is 12.1 Å². The first-order valence-corrected chi connectivity index (χ1v) is 6.39. The standard InChI is InChI=1S/C16H15NO2/c18-13-8-6-12(7-9-13)16(19)17-15-10-14(15)11-4-2-1-3-5-11/h1-9,14-15,18H,10H2,(H,17,19). The molecule has 2 atom stereocenters. The molecule has 0 aliphatic heterocycles. The number of amides is 1. The summed E-state index contributed by atoms with van der Waals surface area (Å²) in [7, 11) is 0. The smallest absolute Gasteiger partial charge is 0.251 e. The maximum atomic E-state index is 12.0. The van der Waals surface area contributed by atoms with Gasteiger partial charge in [-0.05, 0) is 36.2 Å². The van der Waals surface area contributed by atoms with Crippen LogP contribution in [0.3, 0.4) is 0 Å². The highest BCUT2D eigenvalue weighted by Gasteiger charge is 2.39. The number of carbonyl (C=O) groups excluding carboxylic acids is 1. The first-order valence-electron chi connectivity index (χ1n) is 6.39. The van der Waals surface area contributed by atoms with E-state index < -0.39 is 0 Å². The summed E-state index contributed by atoms with van der Waals surface area (Å²) in [6.07, 6.45) is 0.994. The maximum absolute atomic E-state index is 12.0. The molecule has 1 aliphatic rings. The van der Waals surface area contributed by atoms with Crippen LogP contribution in [0.25, 0.3) is 0 Å². The van der Waals surface area contributed by atoms with Crippen LogP contribution in [-0.2, 0) is 0 Å². The van der Waals surface area contributed by atoms with Crippen LogP contribution in [0.2, 0.25) is 0 Å². The van der Waals surface area contributed by atoms with Gasteiger partial charge in [0.15, 0.2) is 0 Å². The van der Waals surface area contributed by atoms with Crippen LogP contribution in [0.15, 0.2) is 54.6 Å². The van der Waals surface area contributed by atoms with Crippen molar-refractivity contribution < 1.29 is 9.90 Å². The van der Waals surface area contributed by atoms with Gasteiger partial charge in [-0.3, -0.25) is 4.79 Å². The van der Waals surface area contributed by atoms with Crippen LogP contribution in [-0.4, -0.2) is 17.1 Å². The van der Waals surface area contributed by atoms with E-state index in [-0.39, 0.29) is 17.7 Å². The van der Waals surface area contributed by atoms with E-state index in [0.29, 0.717) is 11.5 Å². The summed E-state index contributed by atoms with van der Waals surface area (Å²) in [5.74, 6) is 0.524. The minimum absolute atomic E-state index is 0.0802. The number of nitrogens with one attached hydrogen (secondary N) is 1. The molecule has 0 heterocycles. The highest BCUT2D eigenvalue weighted by Crippen LogP contribution is 2.40. The minimum Gasteiger partial charge on any atom is -0.508 e. The second kappa shape index (κ2) is 4.76. The fourth-order valence-corrected chi connectivity index (χ4v) is 2.29. The average molecular weight is 253 g/mol. The van der Waals surface area contributed by atoms with E-state index in [2.05, 4.69) is 17.4 Å². The average Bonchev–Trinajstić information content (AvgIpc) is 3.20. The fourth-order valence-electron chi connectivity index (χ4n) is 2.29. The Kier molecular flexibility index (Phi) is 2.95. The van der Waals surface area contributed by atoms with E-state index >= 15 is 0 Å². The Balaban J connectivity index is 1.62. The molecule has 2 aromatic carbocycles. The van der Waals surface area contributed by atoms with Crippen LogP contribution in [0, 0.1) is 0 Å². The Morgan fingerprint density at radius 1 is 1.05 bits per heavy atom. The van der Waals surface area contributed by atoms with E-state index in [0.717, 1.165) is 6.42 Å². The molecule has 19 heavy (non-hydrogen) atoms. The molecule has 1 aliphatic carbocycles. The zero-order valence-electron chi connectivity index (χ0n) is 10.4. The molecular formula is C16H15NO2. The zero-order valence-corrected chi connectivity index (χ0v) is 10.4. The van der Waals surface area contributed by atoms with Gasteiger partial charge in [0.1, 0.15) is 5.75 Å². The van der Waals surface area contributed by atoms with Crippen molar-refractivity contribution in [2.75, 3.05) is 0 Å². The molecule has 0 aromatic heterocycles. The minimum atomic E-state index is -0.0802. The molecule has 96 valence electrons. The van der Waals surface area contributed by atoms with Crippen molar-refractivity contribution in [3.63, 3.8) is 0 Å². The lowest BCUT2D eigenvalue weighted by Crippen LogP contribution is -2.26. The second-order valence-electron chi connectivity index (χ2n) is 4.88. The highest BCUT2D eigenvalue weighted by molar-refractivity contribution is 5.94. The van der Waals surface area contributed by atoms with Gasteiger partial charge in [0.25, 0.3) is 5.91 Å². The molecule has 0 spiro atoms. The van der Waals surface area contributed by atoms with Gasteiger partial charge in [-0.15, -0.1) is 0 Å². The van der Waals surface area contributed by atoms with Crippen molar-refractivity contribution in [2.24, 2.45) is 0 Å². The van der Waals surface area contributed by atoms with Crippen LogP contribution in [0.4, 0.5) is 0 Å². The van der Waals surface area contributed by atoms with Gasteiger partial charge >= 0.3 is 0 Å². The lowest BCUT2D eigenvalue weighted by molar-refractivity contribution is 0.0950. The maximum Gasteiger partial charge on any atom is 0.251 e. The summed E-state index contributed by atoms with van der Waals surface area (Å²) >= 11 is 0. The van der Waals surface area contributed by atoms with E-state index in [9.17, 15) is 9.90 Å². The third kappa shape index (κ3) is 2.60. The summed E-state index contributed by atoms with van der Waals surface area (Å²) in [6.45, 7) is 0. The molecule has 0 saturated heterocycles. The Bertz CT molecular complexity index is 577. The summed E-state index contributed by atoms with van der Waals surface area (Å²) < 4.78 is 0. The van der Waals surface area contributed by atoms with Gasteiger partial charge in [0.05, 0.1) is 0 Å². The number of carbonyl (C=O) groups is 1. The topological polar surface area (TPSA) is 49.3 Å². The molecule has 3 rings (SSSR count). The Hall–Kier alpha value is -2.29. The number of rotatable bonds is 3. The third-order valence-electron chi connectivity index (χ3n) is 3.46. The molecule has 2 aromatic rings. The van der Waals surface area contributed by atoms with Crippen LogP contribution in [0.5, 0.6) is 5.75 Å². The lowest BCUT2D eigenvalue weighted by Gasteiger charge is -2.05. The van der Waals surface area contributed by atoms with E-state index in [1.807, 2.05) is 18.2 Å². The van der Waals surface area contributed by atoms with Crippen LogP contribution in [0.1, 0.15) is 28.3 Å². The number of phenols is 1. The Morgan fingerprint density at radius 3 is 2.42 bits per heavy atom.